The minimum Gasteiger partial charge on any atom is -0.465 e. The lowest BCUT2D eigenvalue weighted by Crippen LogP contribution is -2.45. The van der Waals surface area contributed by atoms with Crippen LogP contribution in [0.5, 0.6) is 0 Å². The minimum atomic E-state index is -0.758. The van der Waals surface area contributed by atoms with E-state index in [0.29, 0.717) is 11.4 Å². The standard InChI is InChI=1S/C23H24N4O5/c1-14-12-17(22(30)32-2)19-20(24-14)27(16-10-4-3-5-11-16)23(31)26(21(19)29)13-18(28)25-15-8-6-7-9-15/h3-5,10-12,15H,6-9,13H2,1-2H3,(H,25,28). The number of amides is 1. The van der Waals surface area contributed by atoms with Gasteiger partial charge in [-0.1, -0.05) is 31.0 Å². The van der Waals surface area contributed by atoms with Crippen molar-refractivity contribution in [3.05, 3.63) is 68.5 Å². The van der Waals surface area contributed by atoms with Crippen LogP contribution in [0.1, 0.15) is 41.7 Å². The zero-order valence-electron chi connectivity index (χ0n) is 18.0. The van der Waals surface area contributed by atoms with Crippen molar-refractivity contribution in [1.82, 2.24) is 19.4 Å². The maximum absolute atomic E-state index is 13.4. The third-order valence-electron chi connectivity index (χ3n) is 5.66. The fourth-order valence-electron chi connectivity index (χ4n) is 4.17. The van der Waals surface area contributed by atoms with E-state index in [4.69, 9.17) is 4.74 Å². The summed E-state index contributed by atoms with van der Waals surface area (Å²) in [4.78, 5) is 56.3. The summed E-state index contributed by atoms with van der Waals surface area (Å²) in [5.41, 5.74) is -0.524. The molecular formula is C23H24N4O5. The number of nitrogens with one attached hydrogen (secondary N) is 1. The molecule has 9 nitrogen and oxygen atoms in total. The number of carbonyl (C=O) groups excluding carboxylic acids is 2. The number of pyridine rings is 1. The first kappa shape index (κ1) is 21.5. The number of ether oxygens (including phenoxy) is 1. The number of para-hydroxylation sites is 1. The molecule has 0 spiro atoms. The molecule has 4 rings (SSSR count). The van der Waals surface area contributed by atoms with E-state index < -0.39 is 29.7 Å². The number of aryl methyl sites for hydroxylation is 1. The molecule has 2 heterocycles. The second-order valence-electron chi connectivity index (χ2n) is 7.90. The number of aromatic nitrogens is 3. The second-order valence-corrected chi connectivity index (χ2v) is 7.90. The molecule has 0 radical (unpaired) electrons. The molecule has 2 aromatic heterocycles. The van der Waals surface area contributed by atoms with Crippen LogP contribution in [0.25, 0.3) is 16.7 Å². The van der Waals surface area contributed by atoms with Crippen molar-refractivity contribution < 1.29 is 14.3 Å². The summed E-state index contributed by atoms with van der Waals surface area (Å²) < 4.78 is 6.96. The molecular weight excluding hydrogens is 412 g/mol. The third-order valence-corrected chi connectivity index (χ3v) is 5.66. The fourth-order valence-corrected chi connectivity index (χ4v) is 4.17. The van der Waals surface area contributed by atoms with Crippen molar-refractivity contribution >= 4 is 22.9 Å². The van der Waals surface area contributed by atoms with Gasteiger partial charge < -0.3 is 10.1 Å². The number of esters is 1. The number of fused-ring (bicyclic) bond motifs is 1. The highest BCUT2D eigenvalue weighted by Crippen LogP contribution is 2.19. The summed E-state index contributed by atoms with van der Waals surface area (Å²) >= 11 is 0. The topological polar surface area (TPSA) is 112 Å². The van der Waals surface area contributed by atoms with Gasteiger partial charge in [0.1, 0.15) is 6.54 Å². The van der Waals surface area contributed by atoms with Gasteiger partial charge in [0.05, 0.1) is 23.7 Å². The SMILES string of the molecule is COC(=O)c1cc(C)nc2c1c(=O)n(CC(=O)NC1CCCC1)c(=O)n2-c1ccccc1. The lowest BCUT2D eigenvalue weighted by Gasteiger charge is -2.16. The van der Waals surface area contributed by atoms with Crippen LogP contribution in [0.15, 0.2) is 46.0 Å². The molecule has 1 aromatic carbocycles. The Morgan fingerprint density at radius 1 is 1.16 bits per heavy atom. The Morgan fingerprint density at radius 3 is 2.50 bits per heavy atom. The number of benzene rings is 1. The smallest absolute Gasteiger partial charge is 0.338 e. The van der Waals surface area contributed by atoms with Gasteiger partial charge in [0.25, 0.3) is 5.56 Å². The molecule has 0 saturated heterocycles. The van der Waals surface area contributed by atoms with Gasteiger partial charge in [-0.3, -0.25) is 9.59 Å². The van der Waals surface area contributed by atoms with Gasteiger partial charge in [-0.2, -0.15) is 0 Å². The monoisotopic (exact) mass is 436 g/mol. The summed E-state index contributed by atoms with van der Waals surface area (Å²) in [7, 11) is 1.21. The average Bonchev–Trinajstić information content (AvgIpc) is 3.29. The van der Waals surface area contributed by atoms with Gasteiger partial charge in [-0.15, -0.1) is 0 Å². The molecule has 0 aliphatic heterocycles. The summed E-state index contributed by atoms with van der Waals surface area (Å²) in [6, 6.07) is 10.1. The maximum Gasteiger partial charge on any atom is 0.338 e. The highest BCUT2D eigenvalue weighted by Gasteiger charge is 2.24. The second kappa shape index (κ2) is 8.78. The molecule has 1 N–H and O–H groups in total. The summed E-state index contributed by atoms with van der Waals surface area (Å²) in [5.74, 6) is -1.15. The van der Waals surface area contributed by atoms with Crippen LogP contribution in [0.2, 0.25) is 0 Å². The van der Waals surface area contributed by atoms with Gasteiger partial charge in [0, 0.05) is 11.7 Å². The van der Waals surface area contributed by atoms with E-state index in [9.17, 15) is 19.2 Å². The van der Waals surface area contributed by atoms with Crippen LogP contribution in [-0.4, -0.2) is 39.1 Å². The Balaban J connectivity index is 1.97. The molecule has 9 heteroatoms. The number of hydrogen-bond donors (Lipinski definition) is 1. The Hall–Kier alpha value is -3.75. The first-order chi connectivity index (χ1) is 15.4. The molecule has 0 atom stereocenters. The Morgan fingerprint density at radius 2 is 1.84 bits per heavy atom. The average molecular weight is 436 g/mol. The van der Waals surface area contributed by atoms with Crippen LogP contribution in [0.3, 0.4) is 0 Å². The molecule has 166 valence electrons. The van der Waals surface area contributed by atoms with Crippen LogP contribution < -0.4 is 16.6 Å². The van der Waals surface area contributed by atoms with Gasteiger partial charge in [0.15, 0.2) is 5.65 Å². The summed E-state index contributed by atoms with van der Waals surface area (Å²) in [6.45, 7) is 1.21. The van der Waals surface area contributed by atoms with E-state index in [1.807, 2.05) is 0 Å². The van der Waals surface area contributed by atoms with Crippen LogP contribution >= 0.6 is 0 Å². The molecule has 0 bridgehead atoms. The maximum atomic E-state index is 13.4. The van der Waals surface area contributed by atoms with Crippen molar-refractivity contribution in [3.8, 4) is 5.69 Å². The Labute approximate surface area is 183 Å². The first-order valence-electron chi connectivity index (χ1n) is 10.5. The van der Waals surface area contributed by atoms with Crippen LogP contribution in [-0.2, 0) is 16.1 Å². The molecule has 1 fully saturated rings. The van der Waals surface area contributed by atoms with E-state index in [2.05, 4.69) is 10.3 Å². The number of carbonyl (C=O) groups is 2. The van der Waals surface area contributed by atoms with E-state index >= 15 is 0 Å². The zero-order chi connectivity index (χ0) is 22.8. The van der Waals surface area contributed by atoms with Gasteiger partial charge in [0.2, 0.25) is 5.91 Å². The Kier molecular flexibility index (Phi) is 5.89. The van der Waals surface area contributed by atoms with Crippen molar-refractivity contribution in [3.63, 3.8) is 0 Å². The van der Waals surface area contributed by atoms with Crippen molar-refractivity contribution in [2.24, 2.45) is 0 Å². The quantitative estimate of drug-likeness (QED) is 0.610. The highest BCUT2D eigenvalue weighted by molar-refractivity contribution is 6.02. The summed E-state index contributed by atoms with van der Waals surface area (Å²) in [5, 5.41) is 2.82. The molecule has 1 saturated carbocycles. The molecule has 1 amide bonds. The predicted octanol–water partition coefficient (Wildman–Crippen LogP) is 1.70. The van der Waals surface area contributed by atoms with E-state index in [-0.39, 0.29) is 22.6 Å². The molecule has 3 aromatic rings. The van der Waals surface area contributed by atoms with E-state index in [1.54, 1.807) is 37.3 Å². The third kappa shape index (κ3) is 3.93. The normalized spacial score (nSPS) is 13.9. The number of methoxy groups -OCH3 is 1. The Bertz CT molecular complexity index is 1300. The van der Waals surface area contributed by atoms with Gasteiger partial charge in [-0.25, -0.2) is 23.7 Å². The molecule has 1 aliphatic carbocycles. The lowest BCUT2D eigenvalue weighted by molar-refractivity contribution is -0.122. The molecule has 0 unspecified atom stereocenters. The van der Waals surface area contributed by atoms with Gasteiger partial charge >= 0.3 is 11.7 Å². The van der Waals surface area contributed by atoms with Crippen molar-refractivity contribution in [1.29, 1.82) is 0 Å². The minimum absolute atomic E-state index is 0.00497. The van der Waals surface area contributed by atoms with E-state index in [0.717, 1.165) is 30.3 Å². The van der Waals surface area contributed by atoms with Crippen LogP contribution in [0, 0.1) is 6.92 Å². The van der Waals surface area contributed by atoms with Crippen LogP contribution in [0.4, 0.5) is 0 Å². The summed E-state index contributed by atoms with van der Waals surface area (Å²) in [6.07, 6.45) is 3.83. The molecule has 32 heavy (non-hydrogen) atoms. The molecule has 1 aliphatic rings. The van der Waals surface area contributed by atoms with Crippen molar-refractivity contribution in [2.45, 2.75) is 45.2 Å². The fraction of sp³-hybridized carbons (Fsp3) is 0.348. The lowest BCUT2D eigenvalue weighted by atomic mass is 10.1. The largest absolute Gasteiger partial charge is 0.465 e. The predicted molar refractivity (Wildman–Crippen MR) is 118 cm³/mol. The van der Waals surface area contributed by atoms with E-state index in [1.165, 1.54) is 17.7 Å². The first-order valence-corrected chi connectivity index (χ1v) is 10.5. The number of nitrogens with zero attached hydrogens (tertiary/aromatic N) is 3. The van der Waals surface area contributed by atoms with Crippen molar-refractivity contribution in [2.75, 3.05) is 7.11 Å². The van der Waals surface area contributed by atoms with Gasteiger partial charge in [-0.05, 0) is 38.0 Å². The zero-order valence-corrected chi connectivity index (χ0v) is 18.0. The number of rotatable bonds is 5. The highest BCUT2D eigenvalue weighted by atomic mass is 16.5. The number of hydrogen-bond acceptors (Lipinski definition) is 6.